The lowest BCUT2D eigenvalue weighted by molar-refractivity contribution is 0.203. The van der Waals surface area contributed by atoms with Crippen molar-refractivity contribution in [2.75, 3.05) is 20.2 Å². The summed E-state index contributed by atoms with van der Waals surface area (Å²) < 4.78 is 5.14. The molecule has 1 saturated heterocycles. The van der Waals surface area contributed by atoms with Crippen LogP contribution in [0, 0.1) is 0 Å². The van der Waals surface area contributed by atoms with Crippen molar-refractivity contribution < 1.29 is 9.84 Å². The summed E-state index contributed by atoms with van der Waals surface area (Å²) in [6, 6.07) is 20.8. The predicted octanol–water partition coefficient (Wildman–Crippen LogP) is 5.32. The quantitative estimate of drug-likeness (QED) is 0.465. The summed E-state index contributed by atoms with van der Waals surface area (Å²) in [6.07, 6.45) is 4.14. The van der Waals surface area contributed by atoms with Crippen LogP contribution in [0.3, 0.4) is 0 Å². The van der Waals surface area contributed by atoms with Crippen molar-refractivity contribution in [1.29, 1.82) is 0 Å². The number of aromatic amines is 1. The Balaban J connectivity index is 1.28. The molecule has 5 rings (SSSR count). The van der Waals surface area contributed by atoms with Crippen LogP contribution in [-0.4, -0.2) is 40.4 Å². The number of hydrogen-bond donors (Lipinski definition) is 2. The van der Waals surface area contributed by atoms with Crippen LogP contribution in [0.1, 0.15) is 30.0 Å². The highest BCUT2D eigenvalue weighted by molar-refractivity contribution is 5.87. The predicted molar refractivity (Wildman–Crippen MR) is 123 cm³/mol. The van der Waals surface area contributed by atoms with E-state index in [0.717, 1.165) is 38.0 Å². The van der Waals surface area contributed by atoms with E-state index < -0.39 is 0 Å². The molecule has 1 aliphatic rings. The fraction of sp³-hybridized carbons (Fsp3) is 0.269. The molecule has 1 aromatic heterocycles. The van der Waals surface area contributed by atoms with Gasteiger partial charge in [0.15, 0.2) is 11.5 Å². The van der Waals surface area contributed by atoms with E-state index in [4.69, 9.17) is 4.74 Å². The first-order valence-corrected chi connectivity index (χ1v) is 10.8. The highest BCUT2D eigenvalue weighted by atomic mass is 16.5. The molecule has 0 amide bonds. The molecule has 5 heteroatoms. The Kier molecular flexibility index (Phi) is 5.35. The molecule has 1 fully saturated rings. The molecule has 0 radical (unpaired) electrons. The SMILES string of the molecule is COc1ccc(CN2CCC(c3[nH]ncc3-c3ccc4ccccc4c3)CC2)cc1O. The van der Waals surface area contributed by atoms with Gasteiger partial charge in [-0.2, -0.15) is 5.10 Å². The van der Waals surface area contributed by atoms with E-state index in [9.17, 15) is 5.11 Å². The maximum Gasteiger partial charge on any atom is 0.160 e. The van der Waals surface area contributed by atoms with Crippen molar-refractivity contribution in [3.8, 4) is 22.6 Å². The largest absolute Gasteiger partial charge is 0.504 e. The lowest BCUT2D eigenvalue weighted by Gasteiger charge is -2.32. The molecular formula is C26H27N3O2. The van der Waals surface area contributed by atoms with Gasteiger partial charge < -0.3 is 9.84 Å². The van der Waals surface area contributed by atoms with Gasteiger partial charge in [-0.25, -0.2) is 0 Å². The number of aromatic nitrogens is 2. The Morgan fingerprint density at radius 1 is 1.03 bits per heavy atom. The van der Waals surface area contributed by atoms with Crippen molar-refractivity contribution in [3.05, 3.63) is 78.1 Å². The standard InChI is InChI=1S/C26H27N3O2/c1-31-25-9-6-18(14-24(25)30)17-29-12-10-20(11-13-29)26-23(16-27-28-26)22-8-7-19-4-2-3-5-21(19)15-22/h2-9,14-16,20,30H,10-13,17H2,1H3,(H,27,28). The van der Waals surface area contributed by atoms with Crippen molar-refractivity contribution in [1.82, 2.24) is 15.1 Å². The zero-order valence-electron chi connectivity index (χ0n) is 17.7. The number of phenols is 1. The first-order chi connectivity index (χ1) is 15.2. The number of phenolic OH excluding ortho intramolecular Hbond substituents is 1. The van der Waals surface area contributed by atoms with Crippen LogP contribution < -0.4 is 4.74 Å². The van der Waals surface area contributed by atoms with Gasteiger partial charge in [0, 0.05) is 23.7 Å². The topological polar surface area (TPSA) is 61.4 Å². The average molecular weight is 414 g/mol. The van der Waals surface area contributed by atoms with E-state index in [1.807, 2.05) is 18.3 Å². The number of nitrogens with one attached hydrogen (secondary N) is 1. The summed E-state index contributed by atoms with van der Waals surface area (Å²) in [5, 5.41) is 20.2. The van der Waals surface area contributed by atoms with Crippen LogP contribution >= 0.6 is 0 Å². The number of piperidine rings is 1. The van der Waals surface area contributed by atoms with E-state index in [1.54, 1.807) is 13.2 Å². The molecule has 0 atom stereocenters. The van der Waals surface area contributed by atoms with Gasteiger partial charge in [0.2, 0.25) is 0 Å². The van der Waals surface area contributed by atoms with Crippen molar-refractivity contribution >= 4 is 10.8 Å². The highest BCUT2D eigenvalue weighted by Crippen LogP contribution is 2.35. The number of H-pyrrole nitrogens is 1. The third-order valence-electron chi connectivity index (χ3n) is 6.37. The number of hydrogen-bond acceptors (Lipinski definition) is 4. The number of aromatic hydroxyl groups is 1. The number of likely N-dealkylation sites (tertiary alicyclic amines) is 1. The second kappa shape index (κ2) is 8.44. The number of benzene rings is 3. The van der Waals surface area contributed by atoms with Gasteiger partial charge in [-0.15, -0.1) is 0 Å². The van der Waals surface area contributed by atoms with Gasteiger partial charge in [0.05, 0.1) is 13.3 Å². The molecular weight excluding hydrogens is 386 g/mol. The minimum atomic E-state index is 0.201. The Morgan fingerprint density at radius 2 is 1.84 bits per heavy atom. The molecule has 2 N–H and O–H groups in total. The third kappa shape index (κ3) is 4.01. The number of fused-ring (bicyclic) bond motifs is 1. The molecule has 0 saturated carbocycles. The molecule has 4 aromatic rings. The summed E-state index contributed by atoms with van der Waals surface area (Å²) in [7, 11) is 1.57. The fourth-order valence-electron chi connectivity index (χ4n) is 4.67. The van der Waals surface area contributed by atoms with Crippen molar-refractivity contribution in [3.63, 3.8) is 0 Å². The fourth-order valence-corrected chi connectivity index (χ4v) is 4.67. The van der Waals surface area contributed by atoms with Gasteiger partial charge >= 0.3 is 0 Å². The van der Waals surface area contributed by atoms with Crippen LogP contribution in [0.5, 0.6) is 11.5 Å². The lowest BCUT2D eigenvalue weighted by Crippen LogP contribution is -2.32. The van der Waals surface area contributed by atoms with Crippen LogP contribution in [-0.2, 0) is 6.54 Å². The average Bonchev–Trinajstić information content (AvgIpc) is 3.29. The normalized spacial score (nSPS) is 15.4. The number of methoxy groups -OCH3 is 1. The van der Waals surface area contributed by atoms with Crippen LogP contribution in [0.25, 0.3) is 21.9 Å². The zero-order valence-corrected chi connectivity index (χ0v) is 17.7. The molecule has 2 heterocycles. The molecule has 158 valence electrons. The summed E-state index contributed by atoms with van der Waals surface area (Å²) in [5.74, 6) is 1.19. The van der Waals surface area contributed by atoms with E-state index in [-0.39, 0.29) is 5.75 Å². The maximum absolute atomic E-state index is 10.0. The number of ether oxygens (including phenoxy) is 1. The number of rotatable bonds is 5. The summed E-state index contributed by atoms with van der Waals surface area (Å²) >= 11 is 0. The van der Waals surface area contributed by atoms with E-state index in [1.165, 1.54) is 27.6 Å². The Bertz CT molecular complexity index is 1190. The van der Waals surface area contributed by atoms with Gasteiger partial charge in [0.25, 0.3) is 0 Å². The second-order valence-electron chi connectivity index (χ2n) is 8.32. The molecule has 0 aliphatic carbocycles. The van der Waals surface area contributed by atoms with Gasteiger partial charge in [-0.1, -0.05) is 42.5 Å². The molecule has 0 spiro atoms. The van der Waals surface area contributed by atoms with Crippen LogP contribution in [0.2, 0.25) is 0 Å². The summed E-state index contributed by atoms with van der Waals surface area (Å²) in [6.45, 7) is 2.88. The minimum absolute atomic E-state index is 0.201. The van der Waals surface area contributed by atoms with Crippen LogP contribution in [0.4, 0.5) is 0 Å². The van der Waals surface area contributed by atoms with Crippen molar-refractivity contribution in [2.45, 2.75) is 25.3 Å². The van der Waals surface area contributed by atoms with E-state index in [0.29, 0.717) is 11.7 Å². The smallest absolute Gasteiger partial charge is 0.160 e. The van der Waals surface area contributed by atoms with Gasteiger partial charge in [-0.05, 0) is 66.0 Å². The van der Waals surface area contributed by atoms with Crippen molar-refractivity contribution in [2.24, 2.45) is 0 Å². The second-order valence-corrected chi connectivity index (χ2v) is 8.32. The monoisotopic (exact) mass is 413 g/mol. The molecule has 0 bridgehead atoms. The summed E-state index contributed by atoms with van der Waals surface area (Å²) in [5.41, 5.74) is 4.79. The molecule has 1 aliphatic heterocycles. The summed E-state index contributed by atoms with van der Waals surface area (Å²) in [4.78, 5) is 2.45. The number of nitrogens with zero attached hydrogens (tertiary/aromatic N) is 2. The Morgan fingerprint density at radius 3 is 2.61 bits per heavy atom. The minimum Gasteiger partial charge on any atom is -0.504 e. The molecule has 3 aromatic carbocycles. The first-order valence-electron chi connectivity index (χ1n) is 10.8. The van der Waals surface area contributed by atoms with Crippen LogP contribution in [0.15, 0.2) is 66.9 Å². The van der Waals surface area contributed by atoms with E-state index in [2.05, 4.69) is 57.6 Å². The lowest BCUT2D eigenvalue weighted by atomic mass is 9.89. The molecule has 31 heavy (non-hydrogen) atoms. The maximum atomic E-state index is 10.0. The first kappa shape index (κ1) is 19.6. The van der Waals surface area contributed by atoms with E-state index >= 15 is 0 Å². The highest BCUT2D eigenvalue weighted by Gasteiger charge is 2.24. The Labute approximate surface area is 182 Å². The van der Waals surface area contributed by atoms with Gasteiger partial charge in [0.1, 0.15) is 0 Å². The molecule has 0 unspecified atom stereocenters. The molecule has 5 nitrogen and oxygen atoms in total. The zero-order chi connectivity index (χ0) is 21.2. The third-order valence-corrected chi connectivity index (χ3v) is 6.37. The Hall–Kier alpha value is -3.31. The van der Waals surface area contributed by atoms with Gasteiger partial charge in [-0.3, -0.25) is 10.00 Å².